The van der Waals surface area contributed by atoms with Crippen molar-refractivity contribution in [2.24, 2.45) is 0 Å². The normalized spacial score (nSPS) is 14.9. The zero-order chi connectivity index (χ0) is 9.97. The molecule has 0 fully saturated rings. The quantitative estimate of drug-likeness (QED) is 0.703. The average Bonchev–Trinajstić information content (AvgIpc) is 2.64. The van der Waals surface area contributed by atoms with Crippen molar-refractivity contribution in [3.05, 3.63) is 23.8 Å². The molecule has 1 unspecified atom stereocenters. The fourth-order valence-electron chi connectivity index (χ4n) is 1.34. The van der Waals surface area contributed by atoms with E-state index in [9.17, 15) is 0 Å². The molecule has 0 aromatic heterocycles. The first-order valence-corrected chi connectivity index (χ1v) is 4.26. The van der Waals surface area contributed by atoms with Gasteiger partial charge < -0.3 is 14.6 Å². The molecule has 0 amide bonds. The molecular formula is C10H9NO3. The fraction of sp³-hybridized carbons (Fsp3) is 0.300. The van der Waals surface area contributed by atoms with Crippen molar-refractivity contribution >= 4 is 0 Å². The standard InChI is InChI=1S/C10H9NO3/c11-5-8(12)3-7-1-2-9-10(4-7)14-6-13-9/h1-2,4,8,12H,3,6H2. The Morgan fingerprint density at radius 1 is 1.43 bits per heavy atom. The maximum Gasteiger partial charge on any atom is 0.231 e. The Labute approximate surface area is 81.3 Å². The zero-order valence-corrected chi connectivity index (χ0v) is 7.43. The summed E-state index contributed by atoms with van der Waals surface area (Å²) >= 11 is 0. The van der Waals surface area contributed by atoms with Crippen molar-refractivity contribution < 1.29 is 14.6 Å². The van der Waals surface area contributed by atoms with Crippen molar-refractivity contribution in [1.82, 2.24) is 0 Å². The minimum Gasteiger partial charge on any atom is -0.454 e. The van der Waals surface area contributed by atoms with Crippen LogP contribution in [0.4, 0.5) is 0 Å². The lowest BCUT2D eigenvalue weighted by Gasteiger charge is -2.03. The summed E-state index contributed by atoms with van der Waals surface area (Å²) in [5, 5.41) is 17.6. The van der Waals surface area contributed by atoms with Gasteiger partial charge in [-0.25, -0.2) is 0 Å². The molecule has 1 aliphatic heterocycles. The molecule has 1 atom stereocenters. The molecule has 0 saturated heterocycles. The molecule has 1 aliphatic rings. The number of fused-ring (bicyclic) bond motifs is 1. The molecule has 4 heteroatoms. The molecule has 1 aromatic carbocycles. The van der Waals surface area contributed by atoms with Crippen LogP contribution in [0.5, 0.6) is 11.5 Å². The summed E-state index contributed by atoms with van der Waals surface area (Å²) in [5.41, 5.74) is 0.864. The first kappa shape index (κ1) is 8.85. The van der Waals surface area contributed by atoms with Gasteiger partial charge in [-0.2, -0.15) is 5.26 Å². The van der Waals surface area contributed by atoms with Crippen LogP contribution in [0.3, 0.4) is 0 Å². The second kappa shape index (κ2) is 3.56. The maximum atomic E-state index is 9.13. The van der Waals surface area contributed by atoms with Crippen LogP contribution in [-0.2, 0) is 6.42 Å². The monoisotopic (exact) mass is 191 g/mol. The highest BCUT2D eigenvalue weighted by atomic mass is 16.7. The number of hydrogen-bond donors (Lipinski definition) is 1. The van der Waals surface area contributed by atoms with Crippen LogP contribution in [0.2, 0.25) is 0 Å². The second-order valence-electron chi connectivity index (χ2n) is 3.04. The molecule has 0 radical (unpaired) electrons. The molecule has 14 heavy (non-hydrogen) atoms. The highest BCUT2D eigenvalue weighted by Gasteiger charge is 2.14. The molecule has 1 heterocycles. The number of hydrogen-bond acceptors (Lipinski definition) is 4. The highest BCUT2D eigenvalue weighted by molar-refractivity contribution is 5.44. The second-order valence-corrected chi connectivity index (χ2v) is 3.04. The van der Waals surface area contributed by atoms with Gasteiger partial charge in [-0.3, -0.25) is 0 Å². The predicted molar refractivity (Wildman–Crippen MR) is 47.9 cm³/mol. The summed E-state index contributed by atoms with van der Waals surface area (Å²) in [6.45, 7) is 0.236. The molecule has 0 saturated carbocycles. The van der Waals surface area contributed by atoms with Gasteiger partial charge in [0.25, 0.3) is 0 Å². The van der Waals surface area contributed by atoms with Crippen LogP contribution in [0.25, 0.3) is 0 Å². The molecule has 2 rings (SSSR count). The van der Waals surface area contributed by atoms with Crippen molar-refractivity contribution in [3.8, 4) is 17.6 Å². The Hall–Kier alpha value is -1.73. The minimum absolute atomic E-state index is 0.236. The van der Waals surface area contributed by atoms with Gasteiger partial charge in [0, 0.05) is 6.42 Å². The van der Waals surface area contributed by atoms with Gasteiger partial charge in [0.2, 0.25) is 6.79 Å². The van der Waals surface area contributed by atoms with Crippen LogP contribution in [0.15, 0.2) is 18.2 Å². The lowest BCUT2D eigenvalue weighted by molar-refractivity contribution is 0.174. The van der Waals surface area contributed by atoms with E-state index in [1.807, 2.05) is 6.07 Å². The lowest BCUT2D eigenvalue weighted by atomic mass is 10.1. The number of benzene rings is 1. The van der Waals surface area contributed by atoms with Gasteiger partial charge >= 0.3 is 0 Å². The van der Waals surface area contributed by atoms with Gasteiger partial charge in [-0.1, -0.05) is 6.07 Å². The van der Waals surface area contributed by atoms with Crippen molar-refractivity contribution in [3.63, 3.8) is 0 Å². The first-order valence-electron chi connectivity index (χ1n) is 4.26. The van der Waals surface area contributed by atoms with Crippen LogP contribution in [0, 0.1) is 11.3 Å². The van der Waals surface area contributed by atoms with Crippen molar-refractivity contribution in [2.45, 2.75) is 12.5 Å². The molecule has 1 N–H and O–H groups in total. The Balaban J connectivity index is 2.17. The van der Waals surface area contributed by atoms with E-state index in [4.69, 9.17) is 19.8 Å². The molecule has 0 bridgehead atoms. The molecular weight excluding hydrogens is 182 g/mol. The van der Waals surface area contributed by atoms with Crippen LogP contribution >= 0.6 is 0 Å². The molecule has 72 valence electrons. The molecule has 0 aliphatic carbocycles. The maximum absolute atomic E-state index is 9.13. The minimum atomic E-state index is -0.963. The summed E-state index contributed by atoms with van der Waals surface area (Å²) < 4.78 is 10.3. The smallest absolute Gasteiger partial charge is 0.231 e. The number of aliphatic hydroxyl groups excluding tert-OH is 1. The third-order valence-electron chi connectivity index (χ3n) is 2.02. The zero-order valence-electron chi connectivity index (χ0n) is 7.43. The number of aliphatic hydroxyl groups is 1. The van der Waals surface area contributed by atoms with E-state index in [2.05, 4.69) is 0 Å². The van der Waals surface area contributed by atoms with E-state index in [0.717, 1.165) is 5.56 Å². The summed E-state index contributed by atoms with van der Waals surface area (Å²) in [4.78, 5) is 0. The Bertz CT molecular complexity index is 383. The van der Waals surface area contributed by atoms with Gasteiger partial charge in [-0.05, 0) is 17.7 Å². The number of rotatable bonds is 2. The average molecular weight is 191 g/mol. The SMILES string of the molecule is N#CC(O)Cc1ccc2c(c1)OCO2. The summed E-state index contributed by atoms with van der Waals surface area (Å²) in [7, 11) is 0. The van der Waals surface area contributed by atoms with E-state index in [1.165, 1.54) is 0 Å². The Kier molecular flexibility index (Phi) is 2.25. The molecule has 4 nitrogen and oxygen atoms in total. The van der Waals surface area contributed by atoms with Crippen molar-refractivity contribution in [1.29, 1.82) is 5.26 Å². The number of nitriles is 1. The van der Waals surface area contributed by atoms with Gasteiger partial charge in [0.1, 0.15) is 6.10 Å². The first-order chi connectivity index (χ1) is 6.79. The topological polar surface area (TPSA) is 62.5 Å². The van der Waals surface area contributed by atoms with E-state index in [1.54, 1.807) is 18.2 Å². The van der Waals surface area contributed by atoms with Crippen LogP contribution < -0.4 is 9.47 Å². The van der Waals surface area contributed by atoms with Gasteiger partial charge in [0.05, 0.1) is 6.07 Å². The van der Waals surface area contributed by atoms with Crippen LogP contribution in [0.1, 0.15) is 5.56 Å². The predicted octanol–water partition coefficient (Wildman–Crippen LogP) is 0.842. The van der Waals surface area contributed by atoms with E-state index >= 15 is 0 Å². The van der Waals surface area contributed by atoms with E-state index in [-0.39, 0.29) is 6.79 Å². The summed E-state index contributed by atoms with van der Waals surface area (Å²) in [6.07, 6.45) is -0.650. The van der Waals surface area contributed by atoms with E-state index < -0.39 is 6.10 Å². The summed E-state index contributed by atoms with van der Waals surface area (Å²) in [5.74, 6) is 1.38. The lowest BCUT2D eigenvalue weighted by Crippen LogP contribution is -2.06. The van der Waals surface area contributed by atoms with Crippen molar-refractivity contribution in [2.75, 3.05) is 6.79 Å². The fourth-order valence-corrected chi connectivity index (χ4v) is 1.34. The third kappa shape index (κ3) is 1.63. The largest absolute Gasteiger partial charge is 0.454 e. The molecule has 0 spiro atoms. The highest BCUT2D eigenvalue weighted by Crippen LogP contribution is 2.32. The van der Waals surface area contributed by atoms with Gasteiger partial charge in [-0.15, -0.1) is 0 Å². The van der Waals surface area contributed by atoms with E-state index in [0.29, 0.717) is 17.9 Å². The Morgan fingerprint density at radius 3 is 3.00 bits per heavy atom. The number of ether oxygens (including phenoxy) is 2. The summed E-state index contributed by atoms with van der Waals surface area (Å²) in [6, 6.07) is 7.14. The molecule has 1 aromatic rings. The Morgan fingerprint density at radius 2 is 2.21 bits per heavy atom. The van der Waals surface area contributed by atoms with Gasteiger partial charge in [0.15, 0.2) is 11.5 Å². The third-order valence-corrected chi connectivity index (χ3v) is 2.02. The van der Waals surface area contributed by atoms with Crippen LogP contribution in [-0.4, -0.2) is 18.0 Å². The number of nitrogens with zero attached hydrogens (tertiary/aromatic N) is 1.